The Balaban J connectivity index is 2.03. The highest BCUT2D eigenvalue weighted by Gasteiger charge is 2.31. The maximum absolute atomic E-state index is 12.8. The number of likely N-dealkylation sites (tertiary alicyclic amines) is 1. The van der Waals surface area contributed by atoms with Crippen molar-refractivity contribution in [2.75, 3.05) is 26.7 Å². The van der Waals surface area contributed by atoms with E-state index in [2.05, 4.69) is 0 Å². The summed E-state index contributed by atoms with van der Waals surface area (Å²) in [6.07, 6.45) is 1.16. The van der Waals surface area contributed by atoms with Gasteiger partial charge in [-0.2, -0.15) is 0 Å². The van der Waals surface area contributed by atoms with Crippen molar-refractivity contribution >= 4 is 17.8 Å². The van der Waals surface area contributed by atoms with Crippen LogP contribution in [0.5, 0.6) is 0 Å². The predicted molar refractivity (Wildman–Crippen MR) is 92.6 cm³/mol. The number of rotatable bonds is 7. The standard InChI is InChI=1S/C18H25N3O4/c1-20(15(11-17(23)24)13-5-3-2-4-6-13)18(25)14-7-9-21(10-8-14)12-16(19)22/h2-6,14-15H,7-12H2,1H3,(H2,19,22)(H,23,24)/t15-/m1/s1. The molecule has 0 radical (unpaired) electrons. The van der Waals surface area contributed by atoms with Crippen LogP contribution in [0, 0.1) is 5.92 Å². The van der Waals surface area contributed by atoms with E-state index >= 15 is 0 Å². The number of primary amides is 1. The topological polar surface area (TPSA) is 104 Å². The molecule has 1 heterocycles. The van der Waals surface area contributed by atoms with Crippen molar-refractivity contribution in [3.63, 3.8) is 0 Å². The van der Waals surface area contributed by atoms with Gasteiger partial charge in [-0.05, 0) is 31.5 Å². The van der Waals surface area contributed by atoms with Crippen molar-refractivity contribution in [2.45, 2.75) is 25.3 Å². The highest BCUT2D eigenvalue weighted by Crippen LogP contribution is 2.27. The zero-order valence-corrected chi connectivity index (χ0v) is 14.4. The Morgan fingerprint density at radius 3 is 2.36 bits per heavy atom. The molecule has 0 aromatic heterocycles. The summed E-state index contributed by atoms with van der Waals surface area (Å²) < 4.78 is 0. The zero-order chi connectivity index (χ0) is 18.4. The molecule has 1 fully saturated rings. The van der Waals surface area contributed by atoms with Gasteiger partial charge in [0.25, 0.3) is 0 Å². The molecule has 7 nitrogen and oxygen atoms in total. The maximum Gasteiger partial charge on any atom is 0.305 e. The van der Waals surface area contributed by atoms with Gasteiger partial charge >= 0.3 is 5.97 Å². The van der Waals surface area contributed by atoms with Gasteiger partial charge in [0.15, 0.2) is 0 Å². The molecule has 1 aromatic carbocycles. The molecular weight excluding hydrogens is 322 g/mol. The summed E-state index contributed by atoms with van der Waals surface area (Å²) in [5.74, 6) is -1.51. The summed E-state index contributed by atoms with van der Waals surface area (Å²) >= 11 is 0. The monoisotopic (exact) mass is 347 g/mol. The minimum atomic E-state index is -0.940. The smallest absolute Gasteiger partial charge is 0.305 e. The second kappa shape index (κ2) is 8.62. The molecule has 1 aromatic rings. The van der Waals surface area contributed by atoms with Crippen LogP contribution in [0.4, 0.5) is 0 Å². The number of nitrogens with zero attached hydrogens (tertiary/aromatic N) is 2. The minimum absolute atomic E-state index is 0.0474. The molecule has 2 amide bonds. The molecule has 1 aliphatic heterocycles. The molecular formula is C18H25N3O4. The number of carboxylic acids is 1. The van der Waals surface area contributed by atoms with Gasteiger partial charge in [-0.25, -0.2) is 0 Å². The van der Waals surface area contributed by atoms with Crippen LogP contribution in [0.2, 0.25) is 0 Å². The van der Waals surface area contributed by atoms with E-state index in [-0.39, 0.29) is 30.7 Å². The van der Waals surface area contributed by atoms with E-state index in [0.29, 0.717) is 25.9 Å². The lowest BCUT2D eigenvalue weighted by Crippen LogP contribution is -2.44. The Morgan fingerprint density at radius 1 is 1.24 bits per heavy atom. The summed E-state index contributed by atoms with van der Waals surface area (Å²) in [5, 5.41) is 9.22. The fourth-order valence-corrected chi connectivity index (χ4v) is 3.32. The number of amides is 2. The Morgan fingerprint density at radius 2 is 1.84 bits per heavy atom. The van der Waals surface area contributed by atoms with Gasteiger partial charge in [0.1, 0.15) is 0 Å². The van der Waals surface area contributed by atoms with E-state index in [0.717, 1.165) is 5.56 Å². The van der Waals surface area contributed by atoms with Crippen LogP contribution in [-0.2, 0) is 14.4 Å². The van der Waals surface area contributed by atoms with Gasteiger partial charge in [0.05, 0.1) is 19.0 Å². The Kier molecular flexibility index (Phi) is 6.52. The lowest BCUT2D eigenvalue weighted by molar-refractivity contribution is -0.142. The molecule has 1 saturated heterocycles. The van der Waals surface area contributed by atoms with Crippen molar-refractivity contribution in [1.29, 1.82) is 0 Å². The van der Waals surface area contributed by atoms with Crippen molar-refractivity contribution in [2.24, 2.45) is 11.7 Å². The van der Waals surface area contributed by atoms with E-state index in [4.69, 9.17) is 5.73 Å². The average molecular weight is 347 g/mol. The van der Waals surface area contributed by atoms with Gasteiger partial charge in [-0.1, -0.05) is 30.3 Å². The molecule has 0 spiro atoms. The van der Waals surface area contributed by atoms with Crippen molar-refractivity contribution in [1.82, 2.24) is 9.80 Å². The largest absolute Gasteiger partial charge is 0.481 e. The third-order valence-corrected chi connectivity index (χ3v) is 4.68. The first-order chi connectivity index (χ1) is 11.9. The number of hydrogen-bond donors (Lipinski definition) is 2. The van der Waals surface area contributed by atoms with E-state index < -0.39 is 12.0 Å². The van der Waals surface area contributed by atoms with Crippen molar-refractivity contribution in [3.05, 3.63) is 35.9 Å². The number of carbonyl (C=O) groups excluding carboxylic acids is 2. The second-order valence-corrected chi connectivity index (χ2v) is 6.49. The molecule has 1 aliphatic rings. The fourth-order valence-electron chi connectivity index (χ4n) is 3.32. The fraction of sp³-hybridized carbons (Fsp3) is 0.500. The number of piperidine rings is 1. The molecule has 0 saturated carbocycles. The first-order valence-corrected chi connectivity index (χ1v) is 8.42. The maximum atomic E-state index is 12.8. The van der Waals surface area contributed by atoms with Crippen LogP contribution < -0.4 is 5.73 Å². The minimum Gasteiger partial charge on any atom is -0.481 e. The number of hydrogen-bond acceptors (Lipinski definition) is 4. The van der Waals surface area contributed by atoms with E-state index in [1.54, 1.807) is 11.9 Å². The third-order valence-electron chi connectivity index (χ3n) is 4.68. The van der Waals surface area contributed by atoms with Crippen LogP contribution in [0.3, 0.4) is 0 Å². The summed E-state index contributed by atoms with van der Waals surface area (Å²) in [6.45, 7) is 1.49. The van der Waals surface area contributed by atoms with Gasteiger partial charge in [-0.15, -0.1) is 0 Å². The Hall–Kier alpha value is -2.41. The predicted octanol–water partition coefficient (Wildman–Crippen LogP) is 0.858. The number of aliphatic carboxylic acids is 1. The van der Waals surface area contributed by atoms with Gasteiger partial charge in [0, 0.05) is 13.0 Å². The van der Waals surface area contributed by atoms with Gasteiger partial charge in [0.2, 0.25) is 11.8 Å². The van der Waals surface area contributed by atoms with Crippen LogP contribution in [0.1, 0.15) is 30.9 Å². The van der Waals surface area contributed by atoms with Crippen molar-refractivity contribution in [3.8, 4) is 0 Å². The van der Waals surface area contributed by atoms with Crippen LogP contribution in [-0.4, -0.2) is 59.4 Å². The van der Waals surface area contributed by atoms with E-state index in [9.17, 15) is 19.5 Å². The first kappa shape index (κ1) is 18.9. The van der Waals surface area contributed by atoms with Gasteiger partial charge in [-0.3, -0.25) is 19.3 Å². The summed E-state index contributed by atoms with van der Waals surface area (Å²) in [7, 11) is 1.67. The average Bonchev–Trinajstić information content (AvgIpc) is 2.59. The Bertz CT molecular complexity index is 612. The molecule has 0 unspecified atom stereocenters. The molecule has 25 heavy (non-hydrogen) atoms. The van der Waals surface area contributed by atoms with Crippen molar-refractivity contribution < 1.29 is 19.5 Å². The normalized spacial score (nSPS) is 17.0. The zero-order valence-electron chi connectivity index (χ0n) is 14.4. The summed E-state index contributed by atoms with van der Waals surface area (Å²) in [6, 6.07) is 8.72. The third kappa shape index (κ3) is 5.29. The van der Waals surface area contributed by atoms with E-state index in [1.165, 1.54) is 0 Å². The van der Waals surface area contributed by atoms with Crippen LogP contribution in [0.25, 0.3) is 0 Å². The molecule has 136 valence electrons. The number of nitrogens with two attached hydrogens (primary N) is 1. The second-order valence-electron chi connectivity index (χ2n) is 6.49. The lowest BCUT2D eigenvalue weighted by atomic mass is 9.93. The molecule has 2 rings (SSSR count). The van der Waals surface area contributed by atoms with E-state index in [1.807, 2.05) is 35.2 Å². The lowest BCUT2D eigenvalue weighted by Gasteiger charge is -2.35. The molecule has 3 N–H and O–H groups in total. The summed E-state index contributed by atoms with van der Waals surface area (Å²) in [4.78, 5) is 38.6. The Labute approximate surface area is 147 Å². The highest BCUT2D eigenvalue weighted by molar-refractivity contribution is 5.80. The molecule has 0 bridgehead atoms. The summed E-state index contributed by atoms with van der Waals surface area (Å²) in [5.41, 5.74) is 6.02. The molecule has 1 atom stereocenters. The van der Waals surface area contributed by atoms with Gasteiger partial charge < -0.3 is 15.7 Å². The van der Waals surface area contributed by atoms with Crippen LogP contribution in [0.15, 0.2) is 30.3 Å². The first-order valence-electron chi connectivity index (χ1n) is 8.42. The SMILES string of the molecule is CN(C(=O)C1CCN(CC(N)=O)CC1)[C@H](CC(=O)O)c1ccccc1. The number of carbonyl (C=O) groups is 3. The number of carboxylic acid groups (broad SMARTS) is 1. The van der Waals surface area contributed by atoms with Crippen LogP contribution >= 0.6 is 0 Å². The number of benzene rings is 1. The molecule has 0 aliphatic carbocycles. The highest BCUT2D eigenvalue weighted by atomic mass is 16.4. The quantitative estimate of drug-likeness (QED) is 0.761. The molecule has 7 heteroatoms.